The molecular weight excluding hydrogens is 128 g/mol. The summed E-state index contributed by atoms with van der Waals surface area (Å²) in [5.74, 6) is 0.486. The van der Waals surface area contributed by atoms with Gasteiger partial charge in [-0.15, -0.1) is 0 Å². The summed E-state index contributed by atoms with van der Waals surface area (Å²) in [7, 11) is 1.66. The standard InChI is InChI=1S/C7H16N2O/c1-3-6(7(8)9)4-5-10-2/h6H,3-5H2,1-2H3,(H3,8,9). The second-order valence-electron chi connectivity index (χ2n) is 2.34. The lowest BCUT2D eigenvalue weighted by molar-refractivity contribution is 0.185. The van der Waals surface area contributed by atoms with Crippen LogP contribution in [0.4, 0.5) is 0 Å². The Hall–Kier alpha value is -0.570. The second kappa shape index (κ2) is 5.23. The molecule has 0 rings (SSSR count). The lowest BCUT2D eigenvalue weighted by Gasteiger charge is -2.10. The van der Waals surface area contributed by atoms with E-state index >= 15 is 0 Å². The first-order chi connectivity index (χ1) is 4.72. The number of nitrogens with one attached hydrogen (secondary N) is 1. The van der Waals surface area contributed by atoms with E-state index < -0.39 is 0 Å². The average Bonchev–Trinajstić information content (AvgIpc) is 1.89. The summed E-state index contributed by atoms with van der Waals surface area (Å²) < 4.78 is 4.87. The molecule has 0 aromatic heterocycles. The fraction of sp³-hybridized carbons (Fsp3) is 0.857. The highest BCUT2D eigenvalue weighted by atomic mass is 16.5. The fourth-order valence-corrected chi connectivity index (χ4v) is 0.840. The molecule has 0 bridgehead atoms. The van der Waals surface area contributed by atoms with Crippen molar-refractivity contribution in [3.63, 3.8) is 0 Å². The molecule has 0 spiro atoms. The summed E-state index contributed by atoms with van der Waals surface area (Å²) in [5.41, 5.74) is 5.32. The van der Waals surface area contributed by atoms with Crippen LogP contribution in [0.15, 0.2) is 0 Å². The molecule has 0 aliphatic rings. The smallest absolute Gasteiger partial charge is 0.0937 e. The summed E-state index contributed by atoms with van der Waals surface area (Å²) in [6, 6.07) is 0. The predicted molar refractivity (Wildman–Crippen MR) is 42.2 cm³/mol. The SMILES string of the molecule is CCC(CCOC)C(=N)N. The predicted octanol–water partition coefficient (Wildman–Crippen LogP) is 0.985. The van der Waals surface area contributed by atoms with Crippen molar-refractivity contribution in [3.8, 4) is 0 Å². The first-order valence-corrected chi connectivity index (χ1v) is 3.55. The zero-order valence-corrected chi connectivity index (χ0v) is 6.68. The van der Waals surface area contributed by atoms with Crippen LogP contribution in [0.5, 0.6) is 0 Å². The first kappa shape index (κ1) is 9.43. The van der Waals surface area contributed by atoms with Crippen LogP contribution in [0.3, 0.4) is 0 Å². The van der Waals surface area contributed by atoms with Gasteiger partial charge in [-0.1, -0.05) is 6.92 Å². The average molecular weight is 144 g/mol. The van der Waals surface area contributed by atoms with Crippen LogP contribution < -0.4 is 5.73 Å². The maximum atomic E-state index is 7.15. The third-order valence-electron chi connectivity index (χ3n) is 1.60. The van der Waals surface area contributed by atoms with E-state index in [1.54, 1.807) is 7.11 Å². The number of rotatable bonds is 5. The summed E-state index contributed by atoms with van der Waals surface area (Å²) in [5, 5.41) is 7.15. The number of amidine groups is 1. The van der Waals surface area contributed by atoms with Crippen molar-refractivity contribution in [3.05, 3.63) is 0 Å². The van der Waals surface area contributed by atoms with Crippen molar-refractivity contribution in [1.29, 1.82) is 5.41 Å². The molecule has 0 aliphatic carbocycles. The first-order valence-electron chi connectivity index (χ1n) is 3.55. The Morgan fingerprint density at radius 2 is 2.30 bits per heavy atom. The number of hydrogen-bond acceptors (Lipinski definition) is 2. The highest BCUT2D eigenvalue weighted by molar-refractivity contribution is 5.79. The minimum absolute atomic E-state index is 0.208. The molecule has 0 fully saturated rings. The molecule has 1 atom stereocenters. The van der Waals surface area contributed by atoms with E-state index in [4.69, 9.17) is 15.9 Å². The van der Waals surface area contributed by atoms with Gasteiger partial charge in [-0.05, 0) is 12.8 Å². The number of ether oxygens (including phenoxy) is 1. The van der Waals surface area contributed by atoms with Crippen molar-refractivity contribution in [2.75, 3.05) is 13.7 Å². The Morgan fingerprint density at radius 1 is 1.70 bits per heavy atom. The lowest BCUT2D eigenvalue weighted by Crippen LogP contribution is -2.22. The Bertz CT molecular complexity index is 104. The van der Waals surface area contributed by atoms with Crippen molar-refractivity contribution in [2.24, 2.45) is 11.7 Å². The summed E-state index contributed by atoms with van der Waals surface area (Å²) in [6.07, 6.45) is 1.79. The molecule has 0 saturated heterocycles. The number of hydrogen-bond donors (Lipinski definition) is 2. The largest absolute Gasteiger partial charge is 0.387 e. The van der Waals surface area contributed by atoms with E-state index in [9.17, 15) is 0 Å². The highest BCUT2D eigenvalue weighted by Crippen LogP contribution is 2.06. The fourth-order valence-electron chi connectivity index (χ4n) is 0.840. The molecule has 10 heavy (non-hydrogen) atoms. The van der Waals surface area contributed by atoms with E-state index in [2.05, 4.69) is 0 Å². The Morgan fingerprint density at radius 3 is 2.60 bits per heavy atom. The monoisotopic (exact) mass is 144 g/mol. The van der Waals surface area contributed by atoms with Crippen LogP contribution in [0.1, 0.15) is 19.8 Å². The van der Waals surface area contributed by atoms with Gasteiger partial charge in [0.15, 0.2) is 0 Å². The normalized spacial score (nSPS) is 13.0. The lowest BCUT2D eigenvalue weighted by atomic mass is 10.0. The van der Waals surface area contributed by atoms with E-state index in [-0.39, 0.29) is 11.8 Å². The minimum Gasteiger partial charge on any atom is -0.387 e. The number of methoxy groups -OCH3 is 1. The van der Waals surface area contributed by atoms with Crippen LogP contribution in [0.25, 0.3) is 0 Å². The Balaban J connectivity index is 3.50. The quantitative estimate of drug-likeness (QED) is 0.446. The van der Waals surface area contributed by atoms with Gasteiger partial charge in [-0.2, -0.15) is 0 Å². The van der Waals surface area contributed by atoms with Gasteiger partial charge in [-0.25, -0.2) is 0 Å². The van der Waals surface area contributed by atoms with Crippen LogP contribution in [0.2, 0.25) is 0 Å². The van der Waals surface area contributed by atoms with Gasteiger partial charge >= 0.3 is 0 Å². The van der Waals surface area contributed by atoms with Crippen molar-refractivity contribution in [2.45, 2.75) is 19.8 Å². The van der Waals surface area contributed by atoms with Crippen molar-refractivity contribution >= 4 is 5.84 Å². The molecule has 0 saturated carbocycles. The summed E-state index contributed by atoms with van der Waals surface area (Å²) in [6.45, 7) is 2.72. The Labute approximate surface area is 62.1 Å². The topological polar surface area (TPSA) is 59.1 Å². The molecule has 0 heterocycles. The van der Waals surface area contributed by atoms with Gasteiger partial charge < -0.3 is 10.5 Å². The molecule has 60 valence electrons. The van der Waals surface area contributed by atoms with Crippen molar-refractivity contribution < 1.29 is 4.74 Å². The van der Waals surface area contributed by atoms with Crippen LogP contribution in [0, 0.1) is 11.3 Å². The molecule has 3 heteroatoms. The van der Waals surface area contributed by atoms with Crippen LogP contribution >= 0.6 is 0 Å². The minimum atomic E-state index is 0.208. The molecule has 0 aliphatic heterocycles. The molecule has 0 radical (unpaired) electrons. The van der Waals surface area contributed by atoms with E-state index in [0.29, 0.717) is 6.61 Å². The summed E-state index contributed by atoms with van der Waals surface area (Å²) in [4.78, 5) is 0. The van der Waals surface area contributed by atoms with E-state index in [1.165, 1.54) is 0 Å². The molecule has 0 amide bonds. The van der Waals surface area contributed by atoms with Gasteiger partial charge in [0.05, 0.1) is 5.84 Å². The van der Waals surface area contributed by atoms with Crippen LogP contribution in [-0.2, 0) is 4.74 Å². The maximum absolute atomic E-state index is 7.15. The zero-order valence-electron chi connectivity index (χ0n) is 6.68. The van der Waals surface area contributed by atoms with Gasteiger partial charge in [-0.3, -0.25) is 5.41 Å². The molecule has 1 unspecified atom stereocenters. The van der Waals surface area contributed by atoms with E-state index in [0.717, 1.165) is 12.8 Å². The van der Waals surface area contributed by atoms with Gasteiger partial charge in [0.25, 0.3) is 0 Å². The summed E-state index contributed by atoms with van der Waals surface area (Å²) >= 11 is 0. The third kappa shape index (κ3) is 3.45. The number of nitrogens with two attached hydrogens (primary N) is 1. The van der Waals surface area contributed by atoms with Crippen LogP contribution in [-0.4, -0.2) is 19.6 Å². The van der Waals surface area contributed by atoms with Gasteiger partial charge in [0, 0.05) is 19.6 Å². The second-order valence-corrected chi connectivity index (χ2v) is 2.34. The molecule has 3 N–H and O–H groups in total. The Kier molecular flexibility index (Phi) is 4.94. The van der Waals surface area contributed by atoms with Gasteiger partial charge in [0.1, 0.15) is 0 Å². The maximum Gasteiger partial charge on any atom is 0.0937 e. The van der Waals surface area contributed by atoms with E-state index in [1.807, 2.05) is 6.92 Å². The van der Waals surface area contributed by atoms with Crippen molar-refractivity contribution in [1.82, 2.24) is 0 Å². The molecule has 0 aromatic carbocycles. The molecule has 3 nitrogen and oxygen atoms in total. The third-order valence-corrected chi connectivity index (χ3v) is 1.60. The van der Waals surface area contributed by atoms with Gasteiger partial charge in [0.2, 0.25) is 0 Å². The molecular formula is C7H16N2O. The zero-order chi connectivity index (χ0) is 7.98. The molecule has 0 aromatic rings. The highest BCUT2D eigenvalue weighted by Gasteiger charge is 2.07.